The van der Waals surface area contributed by atoms with E-state index in [0.29, 0.717) is 23.8 Å². The second-order valence-electron chi connectivity index (χ2n) is 6.81. The molecule has 0 aromatic carbocycles. The van der Waals surface area contributed by atoms with Crippen LogP contribution in [0.15, 0.2) is 0 Å². The Morgan fingerprint density at radius 2 is 1.90 bits per heavy atom. The molecule has 0 radical (unpaired) electrons. The zero-order valence-corrected chi connectivity index (χ0v) is 13.1. The van der Waals surface area contributed by atoms with Gasteiger partial charge in [-0.15, -0.1) is 0 Å². The van der Waals surface area contributed by atoms with Crippen LogP contribution in [0.5, 0.6) is 0 Å². The van der Waals surface area contributed by atoms with E-state index in [9.17, 15) is 9.90 Å². The van der Waals surface area contributed by atoms with Gasteiger partial charge < -0.3 is 14.9 Å². The smallest absolute Gasteiger partial charge is 0.222 e. The maximum Gasteiger partial charge on any atom is 0.222 e. The molecule has 1 N–H and O–H groups in total. The third kappa shape index (κ3) is 3.95. The Hall–Kier alpha value is -0.610. The van der Waals surface area contributed by atoms with Gasteiger partial charge in [-0.3, -0.25) is 4.79 Å². The van der Waals surface area contributed by atoms with Gasteiger partial charge in [-0.1, -0.05) is 19.3 Å². The fourth-order valence-electron chi connectivity index (χ4n) is 3.77. The molecule has 1 aliphatic carbocycles. The van der Waals surface area contributed by atoms with Gasteiger partial charge in [0, 0.05) is 38.1 Å². The van der Waals surface area contributed by atoms with Gasteiger partial charge in [-0.25, -0.2) is 0 Å². The molecule has 20 heavy (non-hydrogen) atoms. The predicted octanol–water partition coefficient (Wildman–Crippen LogP) is 1.73. The van der Waals surface area contributed by atoms with E-state index in [-0.39, 0.29) is 6.61 Å². The number of carbonyl (C=O) groups excluding carboxylic acids is 1. The Kier molecular flexibility index (Phi) is 5.85. The lowest BCUT2D eigenvalue weighted by molar-refractivity contribution is -0.135. The summed E-state index contributed by atoms with van der Waals surface area (Å²) in [6.45, 7) is 1.83. The molecule has 2 rings (SSSR count). The number of rotatable bonds is 4. The number of nitrogens with zero attached hydrogens (tertiary/aromatic N) is 2. The number of piperidine rings is 1. The summed E-state index contributed by atoms with van der Waals surface area (Å²) >= 11 is 0. The molecule has 1 heterocycles. The average Bonchev–Trinajstić information content (AvgIpc) is 2.47. The molecule has 1 aliphatic heterocycles. The number of hydrogen-bond donors (Lipinski definition) is 1. The van der Waals surface area contributed by atoms with Crippen LogP contribution in [0, 0.1) is 11.8 Å². The van der Waals surface area contributed by atoms with E-state index in [1.807, 2.05) is 19.0 Å². The van der Waals surface area contributed by atoms with Crippen molar-refractivity contribution in [1.82, 2.24) is 9.80 Å². The number of likely N-dealkylation sites (N-methyl/N-ethyl adjacent to an activating group) is 1. The highest BCUT2D eigenvalue weighted by molar-refractivity contribution is 5.76. The van der Waals surface area contributed by atoms with E-state index in [1.54, 1.807) is 0 Å². The Bertz CT molecular complexity index is 314. The lowest BCUT2D eigenvalue weighted by Crippen LogP contribution is -2.53. The first-order valence-corrected chi connectivity index (χ1v) is 8.17. The standard InChI is InChI=1S/C16H30N2O2/c1-17(2)15-11-18(9-8-14(15)12-19)16(20)10-13-6-4-3-5-7-13/h13-15,19H,3-12H2,1-2H3/t14-,15-/m1/s1. The van der Waals surface area contributed by atoms with Crippen LogP contribution in [-0.2, 0) is 4.79 Å². The SMILES string of the molecule is CN(C)[C@@H]1CN(C(=O)CC2CCCCC2)CC[C@@H]1CO. The van der Waals surface area contributed by atoms with Crippen molar-refractivity contribution in [3.8, 4) is 0 Å². The van der Waals surface area contributed by atoms with Crippen LogP contribution in [-0.4, -0.2) is 60.6 Å². The monoisotopic (exact) mass is 282 g/mol. The van der Waals surface area contributed by atoms with Crippen molar-refractivity contribution < 1.29 is 9.90 Å². The maximum absolute atomic E-state index is 12.5. The molecule has 0 unspecified atom stereocenters. The molecular weight excluding hydrogens is 252 g/mol. The molecule has 1 saturated heterocycles. The summed E-state index contributed by atoms with van der Waals surface area (Å²) in [6.07, 6.45) is 8.07. The van der Waals surface area contributed by atoms with Gasteiger partial charge >= 0.3 is 0 Å². The van der Waals surface area contributed by atoms with Gasteiger partial charge in [-0.2, -0.15) is 0 Å². The fourth-order valence-corrected chi connectivity index (χ4v) is 3.77. The fraction of sp³-hybridized carbons (Fsp3) is 0.938. The summed E-state index contributed by atoms with van der Waals surface area (Å²) in [5, 5.41) is 9.47. The van der Waals surface area contributed by atoms with Crippen LogP contribution < -0.4 is 0 Å². The summed E-state index contributed by atoms with van der Waals surface area (Å²) in [5.74, 6) is 1.26. The van der Waals surface area contributed by atoms with E-state index in [2.05, 4.69) is 4.90 Å². The second-order valence-corrected chi connectivity index (χ2v) is 6.81. The lowest BCUT2D eigenvalue weighted by atomic mass is 9.86. The van der Waals surface area contributed by atoms with Crippen molar-refractivity contribution in [3.05, 3.63) is 0 Å². The second kappa shape index (κ2) is 7.41. The number of hydrogen-bond acceptors (Lipinski definition) is 3. The van der Waals surface area contributed by atoms with Crippen molar-refractivity contribution in [1.29, 1.82) is 0 Å². The molecule has 4 heteroatoms. The third-order valence-electron chi connectivity index (χ3n) is 5.16. The first-order valence-electron chi connectivity index (χ1n) is 8.17. The minimum atomic E-state index is 0.230. The number of amides is 1. The zero-order chi connectivity index (χ0) is 14.5. The first kappa shape index (κ1) is 15.8. The number of aliphatic hydroxyl groups excluding tert-OH is 1. The Labute approximate surface area is 123 Å². The lowest BCUT2D eigenvalue weighted by Gasteiger charge is -2.41. The topological polar surface area (TPSA) is 43.8 Å². The molecular formula is C16H30N2O2. The van der Waals surface area contributed by atoms with Gasteiger partial charge in [-0.05, 0) is 39.3 Å². The highest BCUT2D eigenvalue weighted by Gasteiger charge is 2.32. The van der Waals surface area contributed by atoms with Crippen molar-refractivity contribution in [2.24, 2.45) is 11.8 Å². The predicted molar refractivity (Wildman–Crippen MR) is 80.4 cm³/mol. The number of likely N-dealkylation sites (tertiary alicyclic amines) is 1. The molecule has 1 saturated carbocycles. The van der Waals surface area contributed by atoms with Crippen molar-refractivity contribution in [3.63, 3.8) is 0 Å². The minimum absolute atomic E-state index is 0.230. The molecule has 116 valence electrons. The van der Waals surface area contributed by atoms with Crippen LogP contribution in [0.4, 0.5) is 0 Å². The van der Waals surface area contributed by atoms with Crippen molar-refractivity contribution in [2.75, 3.05) is 33.8 Å². The maximum atomic E-state index is 12.5. The molecule has 0 aromatic heterocycles. The number of carbonyl (C=O) groups is 1. The molecule has 0 bridgehead atoms. The van der Waals surface area contributed by atoms with Crippen LogP contribution in [0.1, 0.15) is 44.9 Å². The molecule has 2 atom stereocenters. The molecule has 2 aliphatic rings. The summed E-state index contributed by atoms with van der Waals surface area (Å²) in [7, 11) is 4.09. The largest absolute Gasteiger partial charge is 0.396 e. The van der Waals surface area contributed by atoms with Gasteiger partial charge in [0.05, 0.1) is 0 Å². The van der Waals surface area contributed by atoms with E-state index in [0.717, 1.165) is 25.9 Å². The van der Waals surface area contributed by atoms with E-state index in [1.165, 1.54) is 32.1 Å². The van der Waals surface area contributed by atoms with Crippen LogP contribution in [0.25, 0.3) is 0 Å². The first-order chi connectivity index (χ1) is 9.61. The van der Waals surface area contributed by atoms with Gasteiger partial charge in [0.25, 0.3) is 0 Å². The van der Waals surface area contributed by atoms with E-state index >= 15 is 0 Å². The quantitative estimate of drug-likeness (QED) is 0.854. The van der Waals surface area contributed by atoms with Gasteiger partial charge in [0.1, 0.15) is 0 Å². The zero-order valence-electron chi connectivity index (χ0n) is 13.1. The summed E-state index contributed by atoms with van der Waals surface area (Å²) in [6, 6.07) is 0.295. The third-order valence-corrected chi connectivity index (χ3v) is 5.16. The molecule has 2 fully saturated rings. The van der Waals surface area contributed by atoms with Crippen LogP contribution in [0.2, 0.25) is 0 Å². The average molecular weight is 282 g/mol. The molecule has 0 aromatic rings. The van der Waals surface area contributed by atoms with Gasteiger partial charge in [0.2, 0.25) is 5.91 Å². The minimum Gasteiger partial charge on any atom is -0.396 e. The van der Waals surface area contributed by atoms with Gasteiger partial charge in [0.15, 0.2) is 0 Å². The Morgan fingerprint density at radius 1 is 1.20 bits per heavy atom. The highest BCUT2D eigenvalue weighted by Crippen LogP contribution is 2.28. The van der Waals surface area contributed by atoms with Crippen molar-refractivity contribution in [2.45, 2.75) is 51.0 Å². The normalized spacial score (nSPS) is 28.9. The van der Waals surface area contributed by atoms with Crippen molar-refractivity contribution >= 4 is 5.91 Å². The van der Waals surface area contributed by atoms with E-state index < -0.39 is 0 Å². The van der Waals surface area contributed by atoms with E-state index in [4.69, 9.17) is 0 Å². The molecule has 1 amide bonds. The summed E-state index contributed by atoms with van der Waals surface area (Å²) < 4.78 is 0. The summed E-state index contributed by atoms with van der Waals surface area (Å²) in [4.78, 5) is 16.7. The van der Waals surface area contributed by atoms with Crippen LogP contribution in [0.3, 0.4) is 0 Å². The molecule has 4 nitrogen and oxygen atoms in total. The number of aliphatic hydroxyl groups is 1. The molecule has 0 spiro atoms. The van der Waals surface area contributed by atoms with Crippen LogP contribution >= 0.6 is 0 Å². The highest BCUT2D eigenvalue weighted by atomic mass is 16.3. The summed E-state index contributed by atoms with van der Waals surface area (Å²) in [5.41, 5.74) is 0. The Morgan fingerprint density at radius 3 is 2.50 bits per heavy atom. The Balaban J connectivity index is 1.86.